The number of nitrogens with one attached hydrogen (secondary N) is 2. The summed E-state index contributed by atoms with van der Waals surface area (Å²) in [4.78, 5) is 51.6. The lowest BCUT2D eigenvalue weighted by Crippen LogP contribution is -2.58. The highest BCUT2D eigenvalue weighted by molar-refractivity contribution is 7.86. The topological polar surface area (TPSA) is 260 Å². The molecule has 0 spiro atoms. The first-order chi connectivity index (χ1) is 35.1. The summed E-state index contributed by atoms with van der Waals surface area (Å²) in [6.45, 7) is 13.9. The highest BCUT2D eigenvalue weighted by Gasteiger charge is 2.65. The number of hydrogen-bond acceptors (Lipinski definition) is 12. The van der Waals surface area contributed by atoms with Crippen molar-refractivity contribution in [1.29, 1.82) is 0 Å². The van der Waals surface area contributed by atoms with Crippen LogP contribution in [0, 0.1) is 92.7 Å². The van der Waals surface area contributed by atoms with Crippen molar-refractivity contribution in [2.24, 2.45) is 92.7 Å². The Hall–Kier alpha value is -2.38. The fraction of sp³-hybridized carbons (Fsp3) is 0.930. The summed E-state index contributed by atoms with van der Waals surface area (Å²) in [6, 6.07) is 0. The molecule has 0 heterocycles. The number of amides is 2. The standard InChI is InChI=1S/C57H94N2O14S2/c1-34(10-16-48(62)58-26-28-74(66,67)68)40-12-14-42-52-44(20-24-56(40,42)5)54(3)22-18-38(30-36(54)32-46(52)60)72-50(64)8-7-9-51(65)73-39-19-23-55(4)37(31-39)33-47(61)53-43-15-13-41(57(43,6)25-21-45(53)55)35(2)11-17-49(63)59-27-29-75(69,70)71/h34-47,52-53,60-61H,7-33H2,1-6H3,(H,58,62)(H,59,63)(H,66,67,68)(H,69,70,71)/t34-,35-,36+,37+,38-,39-,40-,41-,42+,43+,44+,45+,46+,47+,52+,53+,54+,55+,56-,57-/m1/s1. The lowest BCUT2D eigenvalue weighted by Gasteiger charge is -2.62. The molecular formula is C57H94N2O14S2. The molecule has 0 unspecified atom stereocenters. The van der Waals surface area contributed by atoms with Crippen molar-refractivity contribution in [3.05, 3.63) is 0 Å². The summed E-state index contributed by atoms with van der Waals surface area (Å²) in [5.41, 5.74) is 0.247. The molecule has 0 aliphatic heterocycles. The zero-order valence-electron chi connectivity index (χ0n) is 46.0. The van der Waals surface area contributed by atoms with E-state index in [2.05, 4.69) is 52.2 Å². The summed E-state index contributed by atoms with van der Waals surface area (Å²) in [5, 5.41) is 29.1. The van der Waals surface area contributed by atoms with E-state index in [0.717, 1.165) is 89.9 Å². The minimum absolute atomic E-state index is 0.0529. The van der Waals surface area contributed by atoms with Crippen LogP contribution in [0.3, 0.4) is 0 Å². The van der Waals surface area contributed by atoms with Crippen molar-refractivity contribution in [3.8, 4) is 0 Å². The van der Waals surface area contributed by atoms with E-state index < -0.39 is 43.9 Å². The minimum atomic E-state index is -4.13. The molecule has 428 valence electrons. The molecule has 8 aliphatic rings. The van der Waals surface area contributed by atoms with Crippen LogP contribution in [-0.2, 0) is 48.9 Å². The fourth-order valence-electron chi connectivity index (χ4n) is 19.3. The molecule has 0 saturated heterocycles. The van der Waals surface area contributed by atoms with Crippen LogP contribution in [0.25, 0.3) is 0 Å². The molecule has 8 fully saturated rings. The molecule has 2 amide bonds. The number of esters is 2. The predicted molar refractivity (Wildman–Crippen MR) is 282 cm³/mol. The van der Waals surface area contributed by atoms with E-state index in [1.54, 1.807) is 0 Å². The van der Waals surface area contributed by atoms with Gasteiger partial charge in [-0.15, -0.1) is 0 Å². The summed E-state index contributed by atoms with van der Waals surface area (Å²) >= 11 is 0. The van der Waals surface area contributed by atoms with Gasteiger partial charge < -0.3 is 30.3 Å². The van der Waals surface area contributed by atoms with Gasteiger partial charge in [-0.25, -0.2) is 0 Å². The molecular weight excluding hydrogens is 1000 g/mol. The van der Waals surface area contributed by atoms with E-state index in [1.165, 1.54) is 0 Å². The normalized spacial score (nSPS) is 42.0. The molecule has 0 bridgehead atoms. The monoisotopic (exact) mass is 1090 g/mol. The SMILES string of the molecule is C[C@H](CCC(=O)NCCS(=O)(=O)O)[C@H]1CC[C@H]2[C@@H]3[C@@H](O)C[C@@H]4C[C@H](OC(=O)CCCC(=O)O[C@@H]5CC[C@@]6(C)[C@@H](C5)C[C@H](O)[C@@H]5[C@@H]6CC[C@]6(C)[C@@H]([C@H](C)CCC(=O)NCCS(=O)(=O)O)CC[C@@H]56)CC[C@]4(C)[C@H]3CC[C@]12C. The van der Waals surface area contributed by atoms with Crippen LogP contribution in [0.15, 0.2) is 0 Å². The predicted octanol–water partition coefficient (Wildman–Crippen LogP) is 8.08. The Labute approximate surface area is 448 Å². The van der Waals surface area contributed by atoms with Crippen molar-refractivity contribution in [2.75, 3.05) is 24.6 Å². The molecule has 0 radical (unpaired) electrons. The third-order valence-corrected chi connectivity index (χ3v) is 24.6. The van der Waals surface area contributed by atoms with Gasteiger partial charge in [-0.2, -0.15) is 16.8 Å². The summed E-state index contributed by atoms with van der Waals surface area (Å²) in [6.07, 6.45) is 16.3. The Bertz CT molecular complexity index is 2140. The summed E-state index contributed by atoms with van der Waals surface area (Å²) < 4.78 is 74.4. The van der Waals surface area contributed by atoms with Crippen LogP contribution in [0.5, 0.6) is 0 Å². The van der Waals surface area contributed by atoms with Gasteiger partial charge in [-0.3, -0.25) is 28.3 Å². The minimum Gasteiger partial charge on any atom is -0.462 e. The van der Waals surface area contributed by atoms with Gasteiger partial charge in [0.2, 0.25) is 11.8 Å². The van der Waals surface area contributed by atoms with Gasteiger partial charge in [0.1, 0.15) is 12.2 Å². The second kappa shape index (κ2) is 23.0. The lowest BCUT2D eigenvalue weighted by molar-refractivity contribution is -0.183. The third-order valence-electron chi connectivity index (χ3n) is 23.2. The van der Waals surface area contributed by atoms with E-state index in [1.807, 2.05) is 0 Å². The number of ether oxygens (including phenoxy) is 2. The van der Waals surface area contributed by atoms with Crippen LogP contribution in [0.1, 0.15) is 189 Å². The Morgan fingerprint density at radius 1 is 0.520 bits per heavy atom. The molecule has 20 atom stereocenters. The van der Waals surface area contributed by atoms with Gasteiger partial charge in [-0.1, -0.05) is 41.5 Å². The largest absolute Gasteiger partial charge is 0.462 e. The van der Waals surface area contributed by atoms with E-state index >= 15 is 0 Å². The Morgan fingerprint density at radius 2 is 0.880 bits per heavy atom. The van der Waals surface area contributed by atoms with Gasteiger partial charge >= 0.3 is 11.9 Å². The molecule has 16 nitrogen and oxygen atoms in total. The van der Waals surface area contributed by atoms with Crippen LogP contribution >= 0.6 is 0 Å². The van der Waals surface area contributed by atoms with Crippen molar-refractivity contribution in [2.45, 2.75) is 214 Å². The maximum atomic E-state index is 13.3. The number of carbonyl (C=O) groups excluding carboxylic acids is 4. The molecule has 0 aromatic carbocycles. The molecule has 8 saturated carbocycles. The molecule has 6 N–H and O–H groups in total. The van der Waals surface area contributed by atoms with Crippen LogP contribution in [0.2, 0.25) is 0 Å². The third kappa shape index (κ3) is 12.7. The quantitative estimate of drug-likeness (QED) is 0.0498. The van der Waals surface area contributed by atoms with E-state index in [4.69, 9.17) is 18.6 Å². The summed E-state index contributed by atoms with van der Waals surface area (Å²) in [5.74, 6) is 2.02. The second-order valence-corrected chi connectivity index (χ2v) is 30.1. The molecule has 75 heavy (non-hydrogen) atoms. The zero-order valence-corrected chi connectivity index (χ0v) is 47.7. The molecule has 8 rings (SSSR count). The molecule has 0 aromatic rings. The maximum Gasteiger partial charge on any atom is 0.306 e. The molecule has 18 heteroatoms. The van der Waals surface area contributed by atoms with Gasteiger partial charge in [0.15, 0.2) is 0 Å². The molecule has 8 aliphatic carbocycles. The lowest BCUT2D eigenvalue weighted by atomic mass is 9.43. The van der Waals surface area contributed by atoms with Crippen molar-refractivity contribution < 1.29 is 64.8 Å². The number of fused-ring (bicyclic) bond motifs is 10. The Balaban J connectivity index is 0.748. The Morgan fingerprint density at radius 3 is 1.25 bits per heavy atom. The zero-order chi connectivity index (χ0) is 54.5. The number of hydrogen-bond donors (Lipinski definition) is 6. The van der Waals surface area contributed by atoms with Crippen LogP contribution < -0.4 is 10.6 Å². The second-order valence-electron chi connectivity index (χ2n) is 27.0. The van der Waals surface area contributed by atoms with Gasteiger partial charge in [0.05, 0.1) is 23.7 Å². The van der Waals surface area contributed by atoms with Crippen molar-refractivity contribution in [1.82, 2.24) is 10.6 Å². The van der Waals surface area contributed by atoms with Crippen molar-refractivity contribution >= 4 is 44.0 Å². The number of aliphatic hydroxyl groups excluding tert-OH is 2. The van der Waals surface area contributed by atoms with Crippen LogP contribution in [0.4, 0.5) is 0 Å². The smallest absolute Gasteiger partial charge is 0.306 e. The van der Waals surface area contributed by atoms with Gasteiger partial charge in [0, 0.05) is 38.8 Å². The average molecular weight is 1100 g/mol. The van der Waals surface area contributed by atoms with Gasteiger partial charge in [-0.05, 0) is 215 Å². The number of aliphatic hydroxyl groups is 2. The first-order valence-electron chi connectivity index (χ1n) is 29.3. The average Bonchev–Trinajstić information content (AvgIpc) is 3.87. The number of carbonyl (C=O) groups is 4. The first kappa shape index (κ1) is 58.8. The van der Waals surface area contributed by atoms with E-state index in [-0.39, 0.29) is 107 Å². The highest BCUT2D eigenvalue weighted by atomic mass is 32.2. The highest BCUT2D eigenvalue weighted by Crippen LogP contribution is 2.70. The van der Waals surface area contributed by atoms with E-state index in [9.17, 15) is 46.2 Å². The van der Waals surface area contributed by atoms with Gasteiger partial charge in [0.25, 0.3) is 20.2 Å². The Kier molecular flexibility index (Phi) is 18.0. The molecule has 0 aromatic heterocycles. The van der Waals surface area contributed by atoms with Crippen molar-refractivity contribution in [3.63, 3.8) is 0 Å². The first-order valence-corrected chi connectivity index (χ1v) is 32.6. The fourth-order valence-corrected chi connectivity index (χ4v) is 20.1. The maximum absolute atomic E-state index is 13.3. The summed E-state index contributed by atoms with van der Waals surface area (Å²) in [7, 11) is -8.26. The van der Waals surface area contributed by atoms with E-state index in [0.29, 0.717) is 92.3 Å². The number of rotatable bonds is 20. The van der Waals surface area contributed by atoms with Crippen LogP contribution in [-0.4, -0.2) is 109 Å².